The van der Waals surface area contributed by atoms with Gasteiger partial charge in [-0.3, -0.25) is 0 Å². The van der Waals surface area contributed by atoms with Crippen molar-refractivity contribution in [2.75, 3.05) is 0 Å². The molecule has 2 aliphatic rings. The van der Waals surface area contributed by atoms with Gasteiger partial charge in [0.15, 0.2) is 17.4 Å². The minimum absolute atomic E-state index is 0.114. The van der Waals surface area contributed by atoms with Gasteiger partial charge >= 0.3 is 0 Å². The van der Waals surface area contributed by atoms with Gasteiger partial charge in [0.1, 0.15) is 0 Å². The zero-order valence-electron chi connectivity index (χ0n) is 11.4. The van der Waals surface area contributed by atoms with Crippen LogP contribution in [-0.2, 0) is 0 Å². The highest BCUT2D eigenvalue weighted by atomic mass is 19.1. The Bertz CT molecular complexity index is 559. The van der Waals surface area contributed by atoms with Crippen LogP contribution in [0.1, 0.15) is 38.2 Å². The van der Waals surface area contributed by atoms with Crippen LogP contribution in [0.15, 0.2) is 18.2 Å². The predicted octanol–water partition coefficient (Wildman–Crippen LogP) is 3.62. The lowest BCUT2D eigenvalue weighted by atomic mass is 9.68. The summed E-state index contributed by atoms with van der Waals surface area (Å²) < 4.78 is 26.9. The lowest BCUT2D eigenvalue weighted by Gasteiger charge is -2.38. The predicted molar refractivity (Wildman–Crippen MR) is 72.1 cm³/mol. The average molecular weight is 280 g/mol. The highest BCUT2D eigenvalue weighted by molar-refractivity contribution is 5.67. The molecule has 4 heteroatoms. The second-order valence-corrected chi connectivity index (χ2v) is 6.22. The van der Waals surface area contributed by atoms with Crippen molar-refractivity contribution < 1.29 is 19.0 Å². The Labute approximate surface area is 116 Å². The van der Waals surface area contributed by atoms with Crippen molar-refractivity contribution in [2.24, 2.45) is 11.3 Å². The van der Waals surface area contributed by atoms with E-state index in [4.69, 9.17) is 5.11 Å². The number of phenolic OH excluding ortho intramolecular Hbond substituents is 1. The number of phenols is 1. The fraction of sp³-hybridized carbons (Fsp3) is 0.500. The van der Waals surface area contributed by atoms with Crippen molar-refractivity contribution in [1.29, 1.82) is 0 Å². The molecule has 2 aliphatic carbocycles. The molecule has 0 bridgehead atoms. The number of halogens is 2. The van der Waals surface area contributed by atoms with Crippen molar-refractivity contribution in [3.63, 3.8) is 0 Å². The van der Waals surface area contributed by atoms with Gasteiger partial charge < -0.3 is 10.2 Å². The zero-order valence-corrected chi connectivity index (χ0v) is 11.4. The molecule has 0 aliphatic heterocycles. The topological polar surface area (TPSA) is 40.5 Å². The summed E-state index contributed by atoms with van der Waals surface area (Å²) in [7, 11) is 0. The fourth-order valence-corrected chi connectivity index (χ4v) is 3.61. The lowest BCUT2D eigenvalue weighted by Crippen LogP contribution is -2.34. The Morgan fingerprint density at radius 3 is 2.50 bits per heavy atom. The summed E-state index contributed by atoms with van der Waals surface area (Å²) in [5.74, 6) is -2.44. The van der Waals surface area contributed by atoms with Crippen LogP contribution in [0.5, 0.6) is 5.75 Å². The first kappa shape index (κ1) is 13.6. The van der Waals surface area contributed by atoms with Crippen molar-refractivity contribution >= 4 is 5.57 Å². The van der Waals surface area contributed by atoms with Gasteiger partial charge in [-0.2, -0.15) is 0 Å². The van der Waals surface area contributed by atoms with Crippen LogP contribution in [0.4, 0.5) is 8.78 Å². The molecule has 2 nitrogen and oxygen atoms in total. The van der Waals surface area contributed by atoms with Crippen LogP contribution in [0.2, 0.25) is 0 Å². The molecule has 0 saturated heterocycles. The second kappa shape index (κ2) is 4.55. The van der Waals surface area contributed by atoms with Gasteiger partial charge in [-0.15, -0.1) is 0 Å². The summed E-state index contributed by atoms with van der Waals surface area (Å²) in [5, 5.41) is 19.2. The fourth-order valence-electron chi connectivity index (χ4n) is 3.61. The van der Waals surface area contributed by atoms with E-state index < -0.39 is 17.4 Å². The van der Waals surface area contributed by atoms with Crippen LogP contribution in [0.25, 0.3) is 5.57 Å². The Kier molecular flexibility index (Phi) is 3.09. The van der Waals surface area contributed by atoms with Crippen molar-refractivity contribution in [3.05, 3.63) is 35.4 Å². The molecule has 3 rings (SSSR count). The number of aromatic hydroxyl groups is 1. The average Bonchev–Trinajstić information content (AvgIpc) is 2.71. The number of aliphatic hydroxyl groups is 1. The molecule has 0 amide bonds. The summed E-state index contributed by atoms with van der Waals surface area (Å²) in [6, 6.07) is 2.36. The van der Waals surface area contributed by atoms with Crippen LogP contribution in [0, 0.1) is 23.0 Å². The maximum atomic E-state index is 13.4. The van der Waals surface area contributed by atoms with Crippen molar-refractivity contribution in [2.45, 2.75) is 38.7 Å². The molecule has 0 spiro atoms. The summed E-state index contributed by atoms with van der Waals surface area (Å²) in [5.41, 5.74) is 1.28. The number of hydrogen-bond acceptors (Lipinski definition) is 2. The van der Waals surface area contributed by atoms with E-state index in [1.165, 1.54) is 12.1 Å². The molecule has 3 atom stereocenters. The number of fused-ring (bicyclic) bond motifs is 1. The van der Waals surface area contributed by atoms with E-state index in [-0.39, 0.29) is 11.5 Å². The first-order valence-electron chi connectivity index (χ1n) is 6.97. The largest absolute Gasteiger partial charge is 0.503 e. The van der Waals surface area contributed by atoms with Gasteiger partial charge in [0.25, 0.3) is 0 Å². The Balaban J connectivity index is 1.94. The Hall–Kier alpha value is -1.42. The first-order chi connectivity index (χ1) is 9.41. The molecule has 1 unspecified atom stereocenters. The smallest absolute Gasteiger partial charge is 0.187 e. The normalized spacial score (nSPS) is 32.9. The zero-order chi connectivity index (χ0) is 14.5. The number of aliphatic hydroxyl groups excluding tert-OH is 1. The van der Waals surface area contributed by atoms with E-state index in [0.717, 1.165) is 31.3 Å². The minimum atomic E-state index is -0.930. The number of allylic oxidation sites excluding steroid dienone is 2. The molecule has 0 radical (unpaired) electrons. The third kappa shape index (κ3) is 1.94. The van der Waals surface area contributed by atoms with Crippen molar-refractivity contribution in [3.8, 4) is 5.75 Å². The summed E-state index contributed by atoms with van der Waals surface area (Å²) in [6.45, 7) is 2.08. The molecule has 0 heterocycles. The summed E-state index contributed by atoms with van der Waals surface area (Å²) >= 11 is 0. The maximum Gasteiger partial charge on any atom is 0.187 e. The van der Waals surface area contributed by atoms with E-state index in [9.17, 15) is 13.9 Å². The monoisotopic (exact) mass is 280 g/mol. The van der Waals surface area contributed by atoms with E-state index >= 15 is 0 Å². The molecule has 2 N–H and O–H groups in total. The van der Waals surface area contributed by atoms with Crippen LogP contribution in [-0.4, -0.2) is 16.3 Å². The van der Waals surface area contributed by atoms with E-state index in [1.54, 1.807) is 0 Å². The van der Waals surface area contributed by atoms with Gasteiger partial charge in [-0.1, -0.05) is 13.0 Å². The molecule has 1 aromatic carbocycles. The first-order valence-corrected chi connectivity index (χ1v) is 6.97. The SMILES string of the molecule is C[C@]12CC=C(c3cc(F)c(O)c(F)c3)CC1CC[C@@H]2O. The second-order valence-electron chi connectivity index (χ2n) is 6.22. The molecule has 108 valence electrons. The highest BCUT2D eigenvalue weighted by Gasteiger charge is 2.46. The number of benzene rings is 1. The van der Waals surface area contributed by atoms with Crippen LogP contribution < -0.4 is 0 Å². The maximum absolute atomic E-state index is 13.4. The van der Waals surface area contributed by atoms with Crippen molar-refractivity contribution in [1.82, 2.24) is 0 Å². The van der Waals surface area contributed by atoms with Gasteiger partial charge in [0, 0.05) is 5.41 Å². The molecule has 20 heavy (non-hydrogen) atoms. The van der Waals surface area contributed by atoms with Crippen LogP contribution in [0.3, 0.4) is 0 Å². The van der Waals surface area contributed by atoms with E-state index in [0.29, 0.717) is 11.5 Å². The lowest BCUT2D eigenvalue weighted by molar-refractivity contribution is 0.0400. The highest BCUT2D eigenvalue weighted by Crippen LogP contribution is 2.53. The Morgan fingerprint density at radius 1 is 1.20 bits per heavy atom. The molecular weight excluding hydrogens is 262 g/mol. The number of hydrogen-bond donors (Lipinski definition) is 2. The summed E-state index contributed by atoms with van der Waals surface area (Å²) in [4.78, 5) is 0. The molecule has 1 saturated carbocycles. The van der Waals surface area contributed by atoms with Gasteiger partial charge in [-0.05, 0) is 54.9 Å². The van der Waals surface area contributed by atoms with Crippen LogP contribution >= 0.6 is 0 Å². The third-order valence-corrected chi connectivity index (χ3v) is 5.12. The van der Waals surface area contributed by atoms with Gasteiger partial charge in [0.2, 0.25) is 0 Å². The molecule has 0 aromatic heterocycles. The minimum Gasteiger partial charge on any atom is -0.503 e. The third-order valence-electron chi connectivity index (χ3n) is 5.12. The molecular formula is C16H18F2O2. The van der Waals surface area contributed by atoms with Gasteiger partial charge in [-0.25, -0.2) is 8.78 Å². The van der Waals surface area contributed by atoms with Gasteiger partial charge in [0.05, 0.1) is 6.10 Å². The molecule has 1 aromatic rings. The van der Waals surface area contributed by atoms with E-state index in [1.807, 2.05) is 6.08 Å². The Morgan fingerprint density at radius 2 is 1.85 bits per heavy atom. The van der Waals surface area contributed by atoms with E-state index in [2.05, 4.69) is 6.92 Å². The number of rotatable bonds is 1. The quantitative estimate of drug-likeness (QED) is 0.824. The summed E-state index contributed by atoms with van der Waals surface area (Å²) in [6.07, 6.45) is 4.85. The molecule has 1 fully saturated rings. The standard InChI is InChI=1S/C16H18F2O2/c1-16-5-4-9(6-11(16)2-3-14(16)19)10-7-12(17)15(20)13(18)8-10/h4,7-8,11,14,19-20H,2-3,5-6H2,1H3/t11?,14-,16-/m0/s1.